The van der Waals surface area contributed by atoms with Crippen molar-refractivity contribution in [2.45, 2.75) is 23.8 Å². The molecular formula is C14H19ClN2OS. The average molecular weight is 299 g/mol. The highest BCUT2D eigenvalue weighted by Crippen LogP contribution is 2.24. The number of benzene rings is 1. The lowest BCUT2D eigenvalue weighted by Crippen LogP contribution is -2.38. The van der Waals surface area contributed by atoms with E-state index in [0.29, 0.717) is 16.6 Å². The number of carbonyl (C=O) groups is 1. The molecule has 0 spiro atoms. The maximum absolute atomic E-state index is 12.4. The zero-order valence-electron chi connectivity index (χ0n) is 11.3. The van der Waals surface area contributed by atoms with Crippen molar-refractivity contribution in [3.63, 3.8) is 0 Å². The molecule has 1 aliphatic rings. The van der Waals surface area contributed by atoms with Gasteiger partial charge in [-0.3, -0.25) is 4.79 Å². The summed E-state index contributed by atoms with van der Waals surface area (Å²) in [5.41, 5.74) is 0.592. The van der Waals surface area contributed by atoms with Crippen LogP contribution < -0.4 is 5.32 Å². The van der Waals surface area contributed by atoms with Crippen LogP contribution in [0.2, 0.25) is 5.02 Å². The third-order valence-corrected chi connectivity index (χ3v) is 4.46. The number of halogens is 1. The van der Waals surface area contributed by atoms with E-state index in [1.807, 2.05) is 25.4 Å². The number of nitrogens with zero attached hydrogens (tertiary/aromatic N) is 1. The molecule has 1 N–H and O–H groups in total. The number of nitrogens with one attached hydrogen (secondary N) is 1. The Hall–Kier alpha value is -0.710. The van der Waals surface area contributed by atoms with E-state index in [4.69, 9.17) is 11.6 Å². The van der Waals surface area contributed by atoms with Crippen molar-refractivity contribution in [1.29, 1.82) is 0 Å². The summed E-state index contributed by atoms with van der Waals surface area (Å²) < 4.78 is 0. The topological polar surface area (TPSA) is 32.3 Å². The molecule has 0 aliphatic carbocycles. The maximum atomic E-state index is 12.4. The minimum absolute atomic E-state index is 0.00500. The number of carbonyl (C=O) groups excluding carboxylic acids is 1. The quantitative estimate of drug-likeness (QED) is 0.868. The molecule has 1 heterocycles. The summed E-state index contributed by atoms with van der Waals surface area (Å²) in [6.45, 7) is 1.79. The lowest BCUT2D eigenvalue weighted by Gasteiger charge is -2.22. The second-order valence-electron chi connectivity index (χ2n) is 4.82. The molecule has 2 rings (SSSR count). The van der Waals surface area contributed by atoms with Gasteiger partial charge in [-0.2, -0.15) is 0 Å². The SMILES string of the molecule is CSc1ccc(Cl)c(C(=O)N(C)CC2CCCN2)c1. The van der Waals surface area contributed by atoms with Gasteiger partial charge in [0, 0.05) is 24.5 Å². The van der Waals surface area contributed by atoms with Gasteiger partial charge in [-0.15, -0.1) is 11.8 Å². The maximum Gasteiger partial charge on any atom is 0.255 e. The first-order chi connectivity index (χ1) is 9.11. The van der Waals surface area contributed by atoms with Crippen molar-refractivity contribution < 1.29 is 4.79 Å². The summed E-state index contributed by atoms with van der Waals surface area (Å²) in [5, 5.41) is 3.92. The number of thioether (sulfide) groups is 1. The average Bonchev–Trinajstić information content (AvgIpc) is 2.91. The molecular weight excluding hydrogens is 280 g/mol. The Morgan fingerprint density at radius 1 is 1.58 bits per heavy atom. The van der Waals surface area contributed by atoms with Crippen LogP contribution >= 0.6 is 23.4 Å². The summed E-state index contributed by atoms with van der Waals surface area (Å²) in [7, 11) is 1.84. The van der Waals surface area contributed by atoms with Gasteiger partial charge >= 0.3 is 0 Å². The zero-order chi connectivity index (χ0) is 13.8. The fraction of sp³-hybridized carbons (Fsp3) is 0.500. The van der Waals surface area contributed by atoms with E-state index in [1.54, 1.807) is 22.7 Å². The molecule has 104 valence electrons. The van der Waals surface area contributed by atoms with Crippen LogP contribution in [0.15, 0.2) is 23.1 Å². The lowest BCUT2D eigenvalue weighted by molar-refractivity contribution is 0.0783. The van der Waals surface area contributed by atoms with E-state index >= 15 is 0 Å². The van der Waals surface area contributed by atoms with Crippen LogP contribution in [0.5, 0.6) is 0 Å². The first-order valence-electron chi connectivity index (χ1n) is 6.44. The highest BCUT2D eigenvalue weighted by atomic mass is 35.5. The summed E-state index contributed by atoms with van der Waals surface area (Å²) in [6.07, 6.45) is 4.31. The van der Waals surface area contributed by atoms with Gasteiger partial charge in [0.2, 0.25) is 0 Å². The van der Waals surface area contributed by atoms with Gasteiger partial charge in [0.25, 0.3) is 5.91 Å². The van der Waals surface area contributed by atoms with Crippen LogP contribution in [-0.2, 0) is 0 Å². The predicted molar refractivity (Wildman–Crippen MR) is 81.2 cm³/mol. The second-order valence-corrected chi connectivity index (χ2v) is 6.11. The molecule has 0 aromatic heterocycles. The van der Waals surface area contributed by atoms with Crippen molar-refractivity contribution in [1.82, 2.24) is 10.2 Å². The molecule has 0 bridgehead atoms. The molecule has 5 heteroatoms. The van der Waals surface area contributed by atoms with Gasteiger partial charge < -0.3 is 10.2 Å². The third-order valence-electron chi connectivity index (χ3n) is 3.41. The van der Waals surface area contributed by atoms with Gasteiger partial charge in [-0.05, 0) is 43.8 Å². The smallest absolute Gasteiger partial charge is 0.255 e. The molecule has 3 nitrogen and oxygen atoms in total. The summed E-state index contributed by atoms with van der Waals surface area (Å²) >= 11 is 7.75. The van der Waals surface area contributed by atoms with E-state index in [-0.39, 0.29) is 5.91 Å². The molecule has 1 amide bonds. The van der Waals surface area contributed by atoms with Crippen LogP contribution in [0.25, 0.3) is 0 Å². The summed E-state index contributed by atoms with van der Waals surface area (Å²) in [6, 6.07) is 6.01. The third kappa shape index (κ3) is 3.65. The van der Waals surface area contributed by atoms with Gasteiger partial charge in [0.15, 0.2) is 0 Å². The largest absolute Gasteiger partial charge is 0.340 e. The lowest BCUT2D eigenvalue weighted by atomic mass is 10.1. The monoisotopic (exact) mass is 298 g/mol. The molecule has 0 saturated carbocycles. The van der Waals surface area contributed by atoms with Crippen molar-refractivity contribution >= 4 is 29.3 Å². The molecule has 1 aromatic rings. The number of amides is 1. The second kappa shape index (κ2) is 6.64. The van der Waals surface area contributed by atoms with E-state index in [9.17, 15) is 4.79 Å². The van der Waals surface area contributed by atoms with E-state index in [2.05, 4.69) is 5.32 Å². The highest BCUT2D eigenvalue weighted by molar-refractivity contribution is 7.98. The fourth-order valence-electron chi connectivity index (χ4n) is 2.33. The Morgan fingerprint density at radius 3 is 3.00 bits per heavy atom. The molecule has 1 fully saturated rings. The Labute approximate surface area is 123 Å². The zero-order valence-corrected chi connectivity index (χ0v) is 12.9. The van der Waals surface area contributed by atoms with Crippen LogP contribution in [-0.4, -0.2) is 43.2 Å². The van der Waals surface area contributed by atoms with Gasteiger partial charge in [-0.25, -0.2) is 0 Å². The standard InChI is InChI=1S/C14H19ClN2OS/c1-17(9-10-4-3-7-16-10)14(18)12-8-11(19-2)5-6-13(12)15/h5-6,8,10,16H,3-4,7,9H2,1-2H3. The Morgan fingerprint density at radius 2 is 2.37 bits per heavy atom. The van der Waals surface area contributed by atoms with Crippen LogP contribution in [0.1, 0.15) is 23.2 Å². The molecule has 1 unspecified atom stereocenters. The summed E-state index contributed by atoms with van der Waals surface area (Å²) in [4.78, 5) is 15.2. The van der Waals surface area contributed by atoms with Crippen molar-refractivity contribution in [3.05, 3.63) is 28.8 Å². The van der Waals surface area contributed by atoms with E-state index in [0.717, 1.165) is 24.4 Å². The van der Waals surface area contributed by atoms with Crippen LogP contribution in [0.4, 0.5) is 0 Å². The van der Waals surface area contributed by atoms with Gasteiger partial charge in [0.05, 0.1) is 10.6 Å². The molecule has 1 aromatic carbocycles. The molecule has 1 saturated heterocycles. The first kappa shape index (κ1) is 14.7. The van der Waals surface area contributed by atoms with E-state index < -0.39 is 0 Å². The molecule has 19 heavy (non-hydrogen) atoms. The number of hydrogen-bond donors (Lipinski definition) is 1. The summed E-state index contributed by atoms with van der Waals surface area (Å²) in [5.74, 6) is -0.00500. The highest BCUT2D eigenvalue weighted by Gasteiger charge is 2.21. The van der Waals surface area contributed by atoms with Gasteiger partial charge in [0.1, 0.15) is 0 Å². The van der Waals surface area contributed by atoms with Crippen LogP contribution in [0.3, 0.4) is 0 Å². The van der Waals surface area contributed by atoms with Crippen molar-refractivity contribution in [2.24, 2.45) is 0 Å². The minimum Gasteiger partial charge on any atom is -0.340 e. The number of likely N-dealkylation sites (N-methyl/N-ethyl adjacent to an activating group) is 1. The predicted octanol–water partition coefficient (Wildman–Crippen LogP) is 2.89. The normalized spacial score (nSPS) is 18.6. The van der Waals surface area contributed by atoms with E-state index in [1.165, 1.54) is 6.42 Å². The van der Waals surface area contributed by atoms with Crippen molar-refractivity contribution in [2.75, 3.05) is 26.4 Å². The molecule has 1 aliphatic heterocycles. The fourth-order valence-corrected chi connectivity index (χ4v) is 2.97. The molecule has 0 radical (unpaired) electrons. The Kier molecular flexibility index (Phi) is 5.13. The van der Waals surface area contributed by atoms with Crippen LogP contribution in [0, 0.1) is 0 Å². The number of hydrogen-bond acceptors (Lipinski definition) is 3. The molecule has 1 atom stereocenters. The van der Waals surface area contributed by atoms with Crippen molar-refractivity contribution in [3.8, 4) is 0 Å². The van der Waals surface area contributed by atoms with Gasteiger partial charge in [-0.1, -0.05) is 11.6 Å². The first-order valence-corrected chi connectivity index (χ1v) is 8.04. The minimum atomic E-state index is -0.00500. The number of rotatable bonds is 4. The Bertz CT molecular complexity index is 461. The Balaban J connectivity index is 2.09.